The van der Waals surface area contributed by atoms with Crippen molar-refractivity contribution >= 4 is 11.6 Å². The fraction of sp³-hybridized carbons (Fsp3) is 0.500. The summed E-state index contributed by atoms with van der Waals surface area (Å²) < 4.78 is 0. The molecular weight excluding hydrogens is 170 g/mol. The standard InChI is InChI=1S/C10H12ClN/c1-7-5-8-3-2-4-9(11)10(8)12-6-7/h5-6,9H,2-4H2,1H3/t9-/m0/s1. The van der Waals surface area contributed by atoms with Crippen LogP contribution in [0.4, 0.5) is 0 Å². The van der Waals surface area contributed by atoms with E-state index >= 15 is 0 Å². The van der Waals surface area contributed by atoms with E-state index in [-0.39, 0.29) is 5.38 Å². The van der Waals surface area contributed by atoms with Gasteiger partial charge in [-0.1, -0.05) is 6.07 Å². The van der Waals surface area contributed by atoms with Gasteiger partial charge in [0, 0.05) is 6.20 Å². The highest BCUT2D eigenvalue weighted by Gasteiger charge is 2.18. The largest absolute Gasteiger partial charge is 0.259 e. The van der Waals surface area contributed by atoms with Crippen LogP contribution >= 0.6 is 11.6 Å². The predicted molar refractivity (Wildman–Crippen MR) is 50.5 cm³/mol. The molecule has 2 heteroatoms. The fourth-order valence-corrected chi connectivity index (χ4v) is 2.08. The fourth-order valence-electron chi connectivity index (χ4n) is 1.73. The molecule has 1 aromatic heterocycles. The molecule has 0 radical (unpaired) electrons. The zero-order valence-electron chi connectivity index (χ0n) is 7.18. The molecule has 12 heavy (non-hydrogen) atoms. The zero-order valence-corrected chi connectivity index (χ0v) is 7.93. The lowest BCUT2D eigenvalue weighted by Crippen LogP contribution is -2.07. The molecular formula is C10H12ClN. The van der Waals surface area contributed by atoms with E-state index in [0.717, 1.165) is 18.5 Å². The van der Waals surface area contributed by atoms with Gasteiger partial charge in [-0.2, -0.15) is 0 Å². The van der Waals surface area contributed by atoms with E-state index in [1.807, 2.05) is 6.20 Å². The summed E-state index contributed by atoms with van der Waals surface area (Å²) in [4.78, 5) is 4.37. The first-order chi connectivity index (χ1) is 5.77. The monoisotopic (exact) mass is 181 g/mol. The Balaban J connectivity index is 2.46. The molecule has 64 valence electrons. The Hall–Kier alpha value is -0.560. The Morgan fingerprint density at radius 3 is 3.25 bits per heavy atom. The minimum absolute atomic E-state index is 0.148. The number of aromatic nitrogens is 1. The number of hydrogen-bond acceptors (Lipinski definition) is 1. The smallest absolute Gasteiger partial charge is 0.0760 e. The molecule has 0 bridgehead atoms. The summed E-state index contributed by atoms with van der Waals surface area (Å²) in [7, 11) is 0. The lowest BCUT2D eigenvalue weighted by molar-refractivity contribution is 0.648. The van der Waals surface area contributed by atoms with Gasteiger partial charge in [0.05, 0.1) is 11.1 Å². The van der Waals surface area contributed by atoms with Crippen LogP contribution in [0.5, 0.6) is 0 Å². The first-order valence-electron chi connectivity index (χ1n) is 4.37. The normalized spacial score (nSPS) is 22.0. The molecule has 1 aromatic rings. The van der Waals surface area contributed by atoms with E-state index in [9.17, 15) is 0 Å². The number of alkyl halides is 1. The summed E-state index contributed by atoms with van der Waals surface area (Å²) in [6.07, 6.45) is 5.32. The Kier molecular flexibility index (Phi) is 2.05. The number of rotatable bonds is 0. The van der Waals surface area contributed by atoms with E-state index < -0.39 is 0 Å². The van der Waals surface area contributed by atoms with Gasteiger partial charge in [0.25, 0.3) is 0 Å². The Labute approximate surface area is 77.8 Å². The van der Waals surface area contributed by atoms with Crippen LogP contribution in [0, 0.1) is 6.92 Å². The van der Waals surface area contributed by atoms with Gasteiger partial charge in [0.2, 0.25) is 0 Å². The summed E-state index contributed by atoms with van der Waals surface area (Å²) in [6.45, 7) is 2.07. The minimum Gasteiger partial charge on any atom is -0.259 e. The van der Waals surface area contributed by atoms with E-state index in [1.54, 1.807) is 0 Å². The summed E-state index contributed by atoms with van der Waals surface area (Å²) in [5.74, 6) is 0. The van der Waals surface area contributed by atoms with Crippen molar-refractivity contribution in [1.82, 2.24) is 4.98 Å². The summed E-state index contributed by atoms with van der Waals surface area (Å²) in [5, 5.41) is 0.148. The van der Waals surface area contributed by atoms with Gasteiger partial charge in [0.15, 0.2) is 0 Å². The molecule has 0 unspecified atom stereocenters. The van der Waals surface area contributed by atoms with Gasteiger partial charge < -0.3 is 0 Å². The molecule has 0 aliphatic heterocycles. The van der Waals surface area contributed by atoms with Crippen molar-refractivity contribution in [3.8, 4) is 0 Å². The van der Waals surface area contributed by atoms with Crippen LogP contribution in [0.15, 0.2) is 12.3 Å². The molecule has 0 aromatic carbocycles. The van der Waals surface area contributed by atoms with Gasteiger partial charge in [0.1, 0.15) is 0 Å². The zero-order chi connectivity index (χ0) is 8.55. The molecule has 1 aliphatic rings. The highest BCUT2D eigenvalue weighted by Crippen LogP contribution is 2.32. The highest BCUT2D eigenvalue weighted by molar-refractivity contribution is 6.20. The third-order valence-corrected chi connectivity index (χ3v) is 2.76. The number of halogens is 1. The molecule has 0 fully saturated rings. The first kappa shape index (κ1) is 8.06. The topological polar surface area (TPSA) is 12.9 Å². The summed E-state index contributed by atoms with van der Waals surface area (Å²) in [6, 6.07) is 2.21. The van der Waals surface area contributed by atoms with Crippen molar-refractivity contribution in [2.24, 2.45) is 0 Å². The van der Waals surface area contributed by atoms with Crippen molar-refractivity contribution in [2.45, 2.75) is 31.6 Å². The number of pyridine rings is 1. The molecule has 1 nitrogen and oxygen atoms in total. The second-order valence-electron chi connectivity index (χ2n) is 3.42. The van der Waals surface area contributed by atoms with E-state index in [0.29, 0.717) is 0 Å². The molecule has 0 saturated heterocycles. The maximum atomic E-state index is 6.14. The predicted octanol–water partition coefficient (Wildman–Crippen LogP) is 3.01. The van der Waals surface area contributed by atoms with Crippen molar-refractivity contribution in [1.29, 1.82) is 0 Å². The van der Waals surface area contributed by atoms with Crippen LogP contribution in [0.25, 0.3) is 0 Å². The average Bonchev–Trinajstić information content (AvgIpc) is 2.04. The molecule has 2 rings (SSSR count). The molecule has 0 saturated carbocycles. The van der Waals surface area contributed by atoms with Crippen LogP contribution < -0.4 is 0 Å². The van der Waals surface area contributed by atoms with Gasteiger partial charge in [-0.05, 0) is 37.3 Å². The summed E-state index contributed by atoms with van der Waals surface area (Å²) >= 11 is 6.14. The molecule has 0 N–H and O–H groups in total. The van der Waals surface area contributed by atoms with Crippen LogP contribution in [0.2, 0.25) is 0 Å². The second-order valence-corrected chi connectivity index (χ2v) is 3.94. The van der Waals surface area contributed by atoms with E-state index in [1.165, 1.54) is 17.5 Å². The summed E-state index contributed by atoms with van der Waals surface area (Å²) in [5.41, 5.74) is 3.69. The van der Waals surface area contributed by atoms with Crippen LogP contribution in [-0.2, 0) is 6.42 Å². The Morgan fingerprint density at radius 1 is 1.58 bits per heavy atom. The maximum absolute atomic E-state index is 6.14. The molecule has 0 amide bonds. The van der Waals surface area contributed by atoms with Crippen molar-refractivity contribution in [3.63, 3.8) is 0 Å². The van der Waals surface area contributed by atoms with Crippen LogP contribution in [-0.4, -0.2) is 4.98 Å². The second kappa shape index (κ2) is 3.06. The van der Waals surface area contributed by atoms with Crippen molar-refractivity contribution < 1.29 is 0 Å². The van der Waals surface area contributed by atoms with Crippen LogP contribution in [0.1, 0.15) is 35.0 Å². The van der Waals surface area contributed by atoms with Gasteiger partial charge in [-0.15, -0.1) is 11.6 Å². The molecule has 1 aliphatic carbocycles. The highest BCUT2D eigenvalue weighted by atomic mass is 35.5. The quantitative estimate of drug-likeness (QED) is 0.561. The molecule has 1 heterocycles. The number of fused-ring (bicyclic) bond motifs is 1. The number of nitrogens with zero attached hydrogens (tertiary/aromatic N) is 1. The lowest BCUT2D eigenvalue weighted by atomic mass is 9.95. The van der Waals surface area contributed by atoms with Gasteiger partial charge in [-0.3, -0.25) is 4.98 Å². The van der Waals surface area contributed by atoms with Gasteiger partial charge in [-0.25, -0.2) is 0 Å². The first-order valence-corrected chi connectivity index (χ1v) is 4.80. The van der Waals surface area contributed by atoms with Crippen LogP contribution in [0.3, 0.4) is 0 Å². The molecule has 0 spiro atoms. The Bertz CT molecular complexity index is 296. The maximum Gasteiger partial charge on any atom is 0.0760 e. The number of aryl methyl sites for hydroxylation is 2. The molecule has 1 atom stereocenters. The van der Waals surface area contributed by atoms with E-state index in [4.69, 9.17) is 11.6 Å². The third kappa shape index (κ3) is 1.34. The lowest BCUT2D eigenvalue weighted by Gasteiger charge is -2.19. The van der Waals surface area contributed by atoms with Crippen molar-refractivity contribution in [3.05, 3.63) is 29.1 Å². The van der Waals surface area contributed by atoms with E-state index in [2.05, 4.69) is 18.0 Å². The number of hydrogen-bond donors (Lipinski definition) is 0. The average molecular weight is 182 g/mol. The van der Waals surface area contributed by atoms with Gasteiger partial charge >= 0.3 is 0 Å². The third-order valence-electron chi connectivity index (χ3n) is 2.34. The Morgan fingerprint density at radius 2 is 2.42 bits per heavy atom. The SMILES string of the molecule is Cc1cnc2c(c1)CCC[C@@H]2Cl. The van der Waals surface area contributed by atoms with Crippen molar-refractivity contribution in [2.75, 3.05) is 0 Å². The minimum atomic E-state index is 0.148.